The molecule has 4 saturated carbocycles. The summed E-state index contributed by atoms with van der Waals surface area (Å²) in [5, 5.41) is 3.51. The Morgan fingerprint density at radius 3 is 2.52 bits per heavy atom. The van der Waals surface area contributed by atoms with E-state index in [0.29, 0.717) is 25.9 Å². The lowest BCUT2D eigenvalue weighted by Gasteiger charge is -2.57. The summed E-state index contributed by atoms with van der Waals surface area (Å²) in [5.74, 6) is 3.48. The molecule has 5 fully saturated rings. The van der Waals surface area contributed by atoms with Crippen LogP contribution in [-0.2, 0) is 16.1 Å². The van der Waals surface area contributed by atoms with Crippen LogP contribution in [0.4, 0.5) is 0 Å². The number of methoxy groups -OCH3 is 1. The molecule has 156 valence electrons. The van der Waals surface area contributed by atoms with Gasteiger partial charge < -0.3 is 15.0 Å². The highest BCUT2D eigenvalue weighted by molar-refractivity contribution is 5.84. The van der Waals surface area contributed by atoms with E-state index in [1.807, 2.05) is 29.2 Å². The summed E-state index contributed by atoms with van der Waals surface area (Å²) < 4.78 is 5.30. The number of ether oxygens (including phenoxy) is 1. The van der Waals surface area contributed by atoms with Crippen LogP contribution in [-0.4, -0.2) is 35.9 Å². The molecule has 1 heterocycles. The molecule has 1 saturated heterocycles. The molecule has 1 N–H and O–H groups in total. The Hall–Kier alpha value is -2.04. The van der Waals surface area contributed by atoms with Gasteiger partial charge in [-0.05, 0) is 80.4 Å². The fourth-order valence-corrected chi connectivity index (χ4v) is 6.90. The van der Waals surface area contributed by atoms with Crippen LogP contribution in [0.2, 0.25) is 0 Å². The van der Waals surface area contributed by atoms with Gasteiger partial charge in [0.15, 0.2) is 0 Å². The molecule has 1 unspecified atom stereocenters. The summed E-state index contributed by atoms with van der Waals surface area (Å²) >= 11 is 0. The second-order valence-corrected chi connectivity index (χ2v) is 10.0. The Bertz CT molecular complexity index is 770. The van der Waals surface area contributed by atoms with Gasteiger partial charge in [0.25, 0.3) is 0 Å². The fraction of sp³-hybridized carbons (Fsp3) is 0.667. The SMILES string of the molecule is COc1cccc(CN2CC(C(=O)NC34CC5CC(CC(C5)C3)C4)CCC2=O)c1. The van der Waals surface area contributed by atoms with E-state index in [1.54, 1.807) is 7.11 Å². The molecule has 6 rings (SSSR count). The first-order valence-corrected chi connectivity index (χ1v) is 11.2. The predicted octanol–water partition coefficient (Wildman–Crippen LogP) is 3.52. The summed E-state index contributed by atoms with van der Waals surface area (Å²) in [6.45, 7) is 1.06. The van der Waals surface area contributed by atoms with E-state index < -0.39 is 0 Å². The molecular weight excluding hydrogens is 364 g/mol. The molecule has 5 aliphatic rings. The Morgan fingerprint density at radius 2 is 1.86 bits per heavy atom. The molecule has 1 aromatic carbocycles. The van der Waals surface area contributed by atoms with Gasteiger partial charge in [-0.15, -0.1) is 0 Å². The van der Waals surface area contributed by atoms with Gasteiger partial charge in [-0.2, -0.15) is 0 Å². The highest BCUT2D eigenvalue weighted by atomic mass is 16.5. The first-order valence-electron chi connectivity index (χ1n) is 11.2. The van der Waals surface area contributed by atoms with Gasteiger partial charge in [0.2, 0.25) is 11.8 Å². The minimum atomic E-state index is -0.0914. The van der Waals surface area contributed by atoms with Crippen molar-refractivity contribution in [3.05, 3.63) is 29.8 Å². The van der Waals surface area contributed by atoms with Gasteiger partial charge in [0, 0.05) is 25.0 Å². The number of nitrogens with one attached hydrogen (secondary N) is 1. The number of amides is 2. The summed E-state index contributed by atoms with van der Waals surface area (Å²) in [5.41, 5.74) is 1.09. The molecular formula is C24H32N2O3. The number of piperidine rings is 1. The lowest BCUT2D eigenvalue weighted by atomic mass is 9.53. The van der Waals surface area contributed by atoms with E-state index in [4.69, 9.17) is 4.74 Å². The number of benzene rings is 1. The van der Waals surface area contributed by atoms with E-state index in [1.165, 1.54) is 38.5 Å². The first kappa shape index (κ1) is 19.0. The number of rotatable bonds is 5. The highest BCUT2D eigenvalue weighted by Crippen LogP contribution is 2.55. The van der Waals surface area contributed by atoms with Crippen LogP contribution in [0.5, 0.6) is 5.75 Å². The molecule has 1 aromatic rings. The number of hydrogen-bond donors (Lipinski definition) is 1. The van der Waals surface area contributed by atoms with Crippen molar-refractivity contribution in [3.8, 4) is 5.75 Å². The second-order valence-electron chi connectivity index (χ2n) is 10.0. The largest absolute Gasteiger partial charge is 0.497 e. The minimum absolute atomic E-state index is 0.0465. The first-order chi connectivity index (χ1) is 14.0. The van der Waals surface area contributed by atoms with Crippen molar-refractivity contribution < 1.29 is 14.3 Å². The summed E-state index contributed by atoms with van der Waals surface area (Å²) in [6, 6.07) is 7.82. The number of carbonyl (C=O) groups excluding carboxylic acids is 2. The van der Waals surface area contributed by atoms with Crippen molar-refractivity contribution in [2.45, 2.75) is 63.5 Å². The number of likely N-dealkylation sites (tertiary alicyclic amines) is 1. The van der Waals surface area contributed by atoms with Crippen molar-refractivity contribution in [1.29, 1.82) is 0 Å². The van der Waals surface area contributed by atoms with E-state index >= 15 is 0 Å². The van der Waals surface area contributed by atoms with E-state index in [-0.39, 0.29) is 23.3 Å². The standard InChI is InChI=1S/C24H32N2O3/c1-29-21-4-2-3-16(10-21)14-26-15-20(5-6-22(26)27)23(28)25-24-11-17-7-18(12-24)9-19(8-17)13-24/h2-4,10,17-20H,5-9,11-15H2,1H3,(H,25,28). The lowest BCUT2D eigenvalue weighted by molar-refractivity contribution is -0.140. The van der Waals surface area contributed by atoms with Crippen molar-refractivity contribution in [1.82, 2.24) is 10.2 Å². The van der Waals surface area contributed by atoms with Gasteiger partial charge in [-0.3, -0.25) is 9.59 Å². The monoisotopic (exact) mass is 396 g/mol. The molecule has 4 bridgehead atoms. The number of hydrogen-bond acceptors (Lipinski definition) is 3. The quantitative estimate of drug-likeness (QED) is 0.828. The van der Waals surface area contributed by atoms with Gasteiger partial charge >= 0.3 is 0 Å². The van der Waals surface area contributed by atoms with Crippen LogP contribution in [0.3, 0.4) is 0 Å². The zero-order valence-electron chi connectivity index (χ0n) is 17.4. The Morgan fingerprint density at radius 1 is 1.17 bits per heavy atom. The Labute approximate surface area is 173 Å². The molecule has 29 heavy (non-hydrogen) atoms. The van der Waals surface area contributed by atoms with Gasteiger partial charge in [-0.25, -0.2) is 0 Å². The summed E-state index contributed by atoms with van der Waals surface area (Å²) in [4.78, 5) is 27.6. The average molecular weight is 397 g/mol. The third-order valence-electron chi connectivity index (χ3n) is 7.81. The Balaban J connectivity index is 1.24. The molecule has 1 atom stereocenters. The maximum absolute atomic E-state index is 13.2. The molecule has 4 aliphatic carbocycles. The number of carbonyl (C=O) groups is 2. The predicted molar refractivity (Wildman–Crippen MR) is 110 cm³/mol. The van der Waals surface area contributed by atoms with Crippen LogP contribution < -0.4 is 10.1 Å². The molecule has 2 amide bonds. The zero-order chi connectivity index (χ0) is 20.0. The van der Waals surface area contributed by atoms with Gasteiger partial charge in [0.1, 0.15) is 5.75 Å². The molecule has 5 nitrogen and oxygen atoms in total. The fourth-order valence-electron chi connectivity index (χ4n) is 6.90. The van der Waals surface area contributed by atoms with Crippen molar-refractivity contribution in [3.63, 3.8) is 0 Å². The van der Waals surface area contributed by atoms with E-state index in [0.717, 1.165) is 29.1 Å². The van der Waals surface area contributed by atoms with Crippen LogP contribution >= 0.6 is 0 Å². The topological polar surface area (TPSA) is 58.6 Å². The molecule has 0 radical (unpaired) electrons. The van der Waals surface area contributed by atoms with Crippen LogP contribution in [0.25, 0.3) is 0 Å². The molecule has 5 heteroatoms. The average Bonchev–Trinajstić information content (AvgIpc) is 2.68. The minimum Gasteiger partial charge on any atom is -0.497 e. The molecule has 1 aliphatic heterocycles. The molecule has 0 spiro atoms. The zero-order valence-corrected chi connectivity index (χ0v) is 17.4. The van der Waals surface area contributed by atoms with Gasteiger partial charge in [0.05, 0.1) is 13.0 Å². The van der Waals surface area contributed by atoms with Crippen molar-refractivity contribution in [2.24, 2.45) is 23.7 Å². The maximum Gasteiger partial charge on any atom is 0.225 e. The normalized spacial score (nSPS) is 35.6. The lowest BCUT2D eigenvalue weighted by Crippen LogP contribution is -2.61. The third-order valence-corrected chi connectivity index (χ3v) is 7.81. The van der Waals surface area contributed by atoms with Crippen LogP contribution in [0, 0.1) is 23.7 Å². The van der Waals surface area contributed by atoms with Crippen LogP contribution in [0.15, 0.2) is 24.3 Å². The van der Waals surface area contributed by atoms with Crippen molar-refractivity contribution in [2.75, 3.05) is 13.7 Å². The molecule has 0 aromatic heterocycles. The third kappa shape index (κ3) is 3.76. The van der Waals surface area contributed by atoms with Gasteiger partial charge in [-0.1, -0.05) is 12.1 Å². The van der Waals surface area contributed by atoms with E-state index in [9.17, 15) is 9.59 Å². The smallest absolute Gasteiger partial charge is 0.225 e. The van der Waals surface area contributed by atoms with Crippen molar-refractivity contribution >= 4 is 11.8 Å². The van der Waals surface area contributed by atoms with Crippen LogP contribution in [0.1, 0.15) is 56.9 Å². The highest BCUT2D eigenvalue weighted by Gasteiger charge is 2.52. The second kappa shape index (κ2) is 7.33. The summed E-state index contributed by atoms with van der Waals surface area (Å²) in [6.07, 6.45) is 8.77. The Kier molecular flexibility index (Phi) is 4.79. The van der Waals surface area contributed by atoms with E-state index in [2.05, 4.69) is 5.32 Å². The summed E-state index contributed by atoms with van der Waals surface area (Å²) in [7, 11) is 1.65. The maximum atomic E-state index is 13.2. The number of nitrogens with zero attached hydrogens (tertiary/aromatic N) is 1.